The molecule has 0 bridgehead atoms. The second-order valence-electron chi connectivity index (χ2n) is 6.42. The summed E-state index contributed by atoms with van der Waals surface area (Å²) in [6.45, 7) is 5.64. The Labute approximate surface area is 165 Å². The predicted molar refractivity (Wildman–Crippen MR) is 107 cm³/mol. The summed E-state index contributed by atoms with van der Waals surface area (Å²) in [5.74, 6) is 0.128. The van der Waals surface area contributed by atoms with E-state index in [0.29, 0.717) is 17.8 Å². The number of carbonyl (C=O) groups excluding carboxylic acids is 1. The minimum Gasteiger partial charge on any atom is -0.382 e. The molecular formula is C20H23N3O4S. The maximum Gasteiger partial charge on any atom is 0.322 e. The Hall–Kier alpha value is -3.05. The molecule has 148 valence electrons. The Bertz CT molecular complexity index is 964. The van der Waals surface area contributed by atoms with Crippen LogP contribution >= 0.6 is 0 Å². The highest BCUT2D eigenvalue weighted by atomic mass is 32.2. The van der Waals surface area contributed by atoms with Gasteiger partial charge in [-0.05, 0) is 56.7 Å². The van der Waals surface area contributed by atoms with Crippen LogP contribution < -0.4 is 9.50 Å². The molecule has 0 aliphatic heterocycles. The molecule has 0 saturated carbocycles. The van der Waals surface area contributed by atoms with Crippen molar-refractivity contribution in [2.24, 2.45) is 0 Å². The Kier molecular flexibility index (Phi) is 7.01. The van der Waals surface area contributed by atoms with E-state index in [4.69, 9.17) is 9.44 Å². The molecule has 0 unspecified atom stereocenters. The SMILES string of the molecule is CCS(=O)(=O)Oc1ccc(CN(C(=O)Nc2cccc(C#N)c2)C(C)C)cc1. The molecule has 0 saturated heterocycles. The fraction of sp³-hybridized carbons (Fsp3) is 0.300. The van der Waals surface area contributed by atoms with E-state index in [1.54, 1.807) is 53.4 Å². The van der Waals surface area contributed by atoms with Crippen LogP contribution in [0, 0.1) is 11.3 Å². The lowest BCUT2D eigenvalue weighted by Crippen LogP contribution is -2.39. The first-order valence-corrected chi connectivity index (χ1v) is 10.4. The number of hydrogen-bond donors (Lipinski definition) is 1. The van der Waals surface area contributed by atoms with Gasteiger partial charge in [0.1, 0.15) is 5.75 Å². The molecule has 0 aliphatic carbocycles. The van der Waals surface area contributed by atoms with Gasteiger partial charge >= 0.3 is 16.1 Å². The molecule has 0 fully saturated rings. The number of amides is 2. The van der Waals surface area contributed by atoms with Crippen molar-refractivity contribution in [2.75, 3.05) is 11.1 Å². The summed E-state index contributed by atoms with van der Waals surface area (Å²) in [6, 6.07) is 14.9. The van der Waals surface area contributed by atoms with E-state index >= 15 is 0 Å². The van der Waals surface area contributed by atoms with Crippen LogP contribution in [0.4, 0.5) is 10.5 Å². The average molecular weight is 401 g/mol. The summed E-state index contributed by atoms with van der Waals surface area (Å²) >= 11 is 0. The molecule has 8 heteroatoms. The summed E-state index contributed by atoms with van der Waals surface area (Å²) in [5.41, 5.74) is 1.84. The first kappa shape index (κ1) is 21.3. The summed E-state index contributed by atoms with van der Waals surface area (Å²) < 4.78 is 28.0. The van der Waals surface area contributed by atoms with Crippen LogP contribution in [0.1, 0.15) is 31.9 Å². The van der Waals surface area contributed by atoms with Crippen LogP contribution in [0.3, 0.4) is 0 Å². The number of rotatable bonds is 7. The normalized spacial score (nSPS) is 11.0. The molecule has 2 aromatic rings. The summed E-state index contributed by atoms with van der Waals surface area (Å²) in [4.78, 5) is 14.3. The Morgan fingerprint density at radius 3 is 2.46 bits per heavy atom. The van der Waals surface area contributed by atoms with Crippen LogP contribution in [0.2, 0.25) is 0 Å². The van der Waals surface area contributed by atoms with E-state index in [2.05, 4.69) is 5.32 Å². The largest absolute Gasteiger partial charge is 0.382 e. The fourth-order valence-electron chi connectivity index (χ4n) is 2.40. The van der Waals surface area contributed by atoms with Gasteiger partial charge in [-0.3, -0.25) is 0 Å². The number of hydrogen-bond acceptors (Lipinski definition) is 5. The van der Waals surface area contributed by atoms with E-state index in [9.17, 15) is 13.2 Å². The minimum absolute atomic E-state index is 0.0736. The molecule has 2 rings (SSSR count). The van der Waals surface area contributed by atoms with Crippen molar-refractivity contribution in [3.8, 4) is 11.8 Å². The molecule has 0 spiro atoms. The molecular weight excluding hydrogens is 378 g/mol. The van der Waals surface area contributed by atoms with Crippen LogP contribution in [-0.2, 0) is 16.7 Å². The smallest absolute Gasteiger partial charge is 0.322 e. The fourth-order valence-corrected chi connectivity index (χ4v) is 2.93. The first-order valence-electron chi connectivity index (χ1n) is 8.83. The highest BCUT2D eigenvalue weighted by Gasteiger charge is 2.18. The van der Waals surface area contributed by atoms with E-state index in [0.717, 1.165) is 5.56 Å². The predicted octanol–water partition coefficient (Wildman–Crippen LogP) is 3.73. The van der Waals surface area contributed by atoms with Gasteiger partial charge in [-0.2, -0.15) is 13.7 Å². The third-order valence-corrected chi connectivity index (χ3v) is 5.13. The highest BCUT2D eigenvalue weighted by molar-refractivity contribution is 7.87. The van der Waals surface area contributed by atoms with Gasteiger partial charge in [-0.15, -0.1) is 0 Å². The Balaban J connectivity index is 2.09. The average Bonchev–Trinajstić information content (AvgIpc) is 2.67. The molecule has 2 amide bonds. The molecule has 28 heavy (non-hydrogen) atoms. The van der Waals surface area contributed by atoms with Gasteiger partial charge in [0.15, 0.2) is 0 Å². The zero-order valence-corrected chi connectivity index (χ0v) is 16.9. The van der Waals surface area contributed by atoms with Gasteiger partial charge in [0.2, 0.25) is 0 Å². The quantitative estimate of drug-likeness (QED) is 0.713. The van der Waals surface area contributed by atoms with Gasteiger partial charge in [-0.25, -0.2) is 4.79 Å². The zero-order valence-electron chi connectivity index (χ0n) is 16.0. The third-order valence-electron chi connectivity index (χ3n) is 3.98. The summed E-state index contributed by atoms with van der Waals surface area (Å²) in [6.07, 6.45) is 0. The van der Waals surface area contributed by atoms with Crippen molar-refractivity contribution in [1.82, 2.24) is 4.90 Å². The second-order valence-corrected chi connectivity index (χ2v) is 8.28. The molecule has 2 aromatic carbocycles. The lowest BCUT2D eigenvalue weighted by molar-refractivity contribution is 0.193. The van der Waals surface area contributed by atoms with Gasteiger partial charge in [-0.1, -0.05) is 18.2 Å². The van der Waals surface area contributed by atoms with Crippen molar-refractivity contribution in [1.29, 1.82) is 5.26 Å². The number of anilines is 1. The molecule has 0 aliphatic rings. The third kappa shape index (κ3) is 5.99. The van der Waals surface area contributed by atoms with E-state index in [1.165, 1.54) is 6.92 Å². The van der Waals surface area contributed by atoms with Crippen molar-refractivity contribution >= 4 is 21.8 Å². The highest BCUT2D eigenvalue weighted by Crippen LogP contribution is 2.18. The van der Waals surface area contributed by atoms with Crippen LogP contribution in [0.5, 0.6) is 5.75 Å². The second kappa shape index (κ2) is 9.24. The summed E-state index contributed by atoms with van der Waals surface area (Å²) in [7, 11) is -3.57. The number of benzene rings is 2. The standard InChI is InChI=1S/C20H23N3O4S/c1-4-28(25,26)27-19-10-8-16(9-11-19)14-23(15(2)3)20(24)22-18-7-5-6-17(12-18)13-21/h5-12,15H,4,14H2,1-3H3,(H,22,24). The van der Waals surface area contributed by atoms with Gasteiger partial charge in [0.05, 0.1) is 17.4 Å². The monoisotopic (exact) mass is 401 g/mol. The van der Waals surface area contributed by atoms with Gasteiger partial charge < -0.3 is 14.4 Å². The van der Waals surface area contributed by atoms with Crippen LogP contribution in [0.25, 0.3) is 0 Å². The maximum absolute atomic E-state index is 12.7. The molecule has 0 aromatic heterocycles. The van der Waals surface area contributed by atoms with Crippen molar-refractivity contribution < 1.29 is 17.4 Å². The molecule has 7 nitrogen and oxygen atoms in total. The number of carbonyl (C=O) groups is 1. The van der Waals surface area contributed by atoms with Crippen LogP contribution in [0.15, 0.2) is 48.5 Å². The van der Waals surface area contributed by atoms with Crippen molar-refractivity contribution in [3.05, 3.63) is 59.7 Å². The topological polar surface area (TPSA) is 99.5 Å². The van der Waals surface area contributed by atoms with E-state index in [1.807, 2.05) is 19.9 Å². The van der Waals surface area contributed by atoms with Gasteiger partial charge in [0.25, 0.3) is 0 Å². The number of urea groups is 1. The lowest BCUT2D eigenvalue weighted by Gasteiger charge is -2.27. The molecule has 0 atom stereocenters. The minimum atomic E-state index is -3.57. The Morgan fingerprint density at radius 1 is 1.21 bits per heavy atom. The van der Waals surface area contributed by atoms with E-state index in [-0.39, 0.29) is 23.6 Å². The van der Waals surface area contributed by atoms with E-state index < -0.39 is 10.1 Å². The molecule has 0 radical (unpaired) electrons. The number of nitrogens with one attached hydrogen (secondary N) is 1. The number of nitriles is 1. The zero-order chi connectivity index (χ0) is 20.7. The van der Waals surface area contributed by atoms with Crippen LogP contribution in [-0.4, -0.2) is 31.1 Å². The summed E-state index contributed by atoms with van der Waals surface area (Å²) in [5, 5.41) is 11.8. The Morgan fingerprint density at radius 2 is 1.89 bits per heavy atom. The first-order chi connectivity index (χ1) is 13.2. The van der Waals surface area contributed by atoms with Crippen molar-refractivity contribution in [3.63, 3.8) is 0 Å². The number of nitrogens with zero attached hydrogens (tertiary/aromatic N) is 2. The lowest BCUT2D eigenvalue weighted by atomic mass is 10.2. The maximum atomic E-state index is 12.7. The molecule has 0 heterocycles. The van der Waals surface area contributed by atoms with Gasteiger partial charge in [0, 0.05) is 18.3 Å². The molecule has 1 N–H and O–H groups in total. The van der Waals surface area contributed by atoms with Crippen molar-refractivity contribution in [2.45, 2.75) is 33.4 Å².